The number of ether oxygens (including phenoxy) is 5. The van der Waals surface area contributed by atoms with E-state index in [9.17, 15) is 54.9 Å². The number of carboxylic acid groups (broad SMARTS) is 1. The lowest BCUT2D eigenvalue weighted by Gasteiger charge is -2.17. The van der Waals surface area contributed by atoms with E-state index in [1.165, 1.54) is 95.7 Å². The number of carbonyl (C=O) groups is 4. The molecule has 0 aliphatic rings. The number of urea groups is 1. The monoisotopic (exact) mass is 1100 g/mol. The van der Waals surface area contributed by atoms with Crippen LogP contribution in [0.5, 0.6) is 23.3 Å². The van der Waals surface area contributed by atoms with E-state index >= 15 is 0 Å². The van der Waals surface area contributed by atoms with E-state index in [4.69, 9.17) is 39.4 Å². The van der Waals surface area contributed by atoms with Crippen LogP contribution in [0, 0.1) is 0 Å². The Morgan fingerprint density at radius 2 is 1.57 bits per heavy atom. The molecule has 408 valence electrons. The van der Waals surface area contributed by atoms with Gasteiger partial charge in [0, 0.05) is 51.8 Å². The second-order valence-electron chi connectivity index (χ2n) is 15.8. The molecule has 0 radical (unpaired) electrons. The van der Waals surface area contributed by atoms with E-state index in [1.54, 1.807) is 11.6 Å². The number of anilines is 1. The van der Waals surface area contributed by atoms with Crippen LogP contribution in [0.2, 0.25) is 0 Å². The van der Waals surface area contributed by atoms with Crippen LogP contribution in [0.3, 0.4) is 0 Å². The smallest absolute Gasteiger partial charge is 0.431 e. The summed E-state index contributed by atoms with van der Waals surface area (Å²) in [7, 11) is 0.268. The van der Waals surface area contributed by atoms with Crippen molar-refractivity contribution in [1.29, 1.82) is 0 Å². The average molecular weight is 1100 g/mol. The Labute approximate surface area is 426 Å². The highest BCUT2D eigenvalue weighted by atomic mass is 32.2. The molecule has 0 saturated carbocycles. The second kappa shape index (κ2) is 26.9. The Morgan fingerprint density at radius 1 is 0.960 bits per heavy atom. The molecule has 5 rings (SSSR count). The quantitative estimate of drug-likeness (QED) is 0.0620. The number of esters is 1. The van der Waals surface area contributed by atoms with Crippen LogP contribution in [0.4, 0.5) is 23.9 Å². The molecule has 30 heteroatoms. The first kappa shape index (κ1) is 61.4. The largest absolute Gasteiger partial charge is 0.489 e. The number of carboxylic acids is 1. The maximum absolute atomic E-state index is 13.1. The van der Waals surface area contributed by atoms with Crippen molar-refractivity contribution in [2.75, 3.05) is 53.6 Å². The molecule has 6 N–H and O–H groups in total. The number of hydrogen-bond acceptors (Lipinski definition) is 18. The summed E-state index contributed by atoms with van der Waals surface area (Å²) < 4.78 is 104. The number of aliphatic carboxylic acids is 1. The van der Waals surface area contributed by atoms with Gasteiger partial charge in [-0.3, -0.25) is 28.8 Å². The Morgan fingerprint density at radius 3 is 2.09 bits per heavy atom. The lowest BCUT2D eigenvalue weighted by molar-refractivity contribution is -0.148. The zero-order valence-corrected chi connectivity index (χ0v) is 43.5. The number of carbonyl (C=O) groups excluding carboxylic acids is 3. The normalized spacial score (nSPS) is 12.6. The molecule has 3 atom stereocenters. The highest BCUT2D eigenvalue weighted by Crippen LogP contribution is 2.36. The van der Waals surface area contributed by atoms with E-state index in [0.29, 0.717) is 32.3 Å². The molecule has 0 fully saturated rings. The number of amides is 3. The van der Waals surface area contributed by atoms with Gasteiger partial charge in [0.05, 0.1) is 38.6 Å². The number of methoxy groups -OCH3 is 3. The number of nitrogens with zero attached hydrogens (tertiary/aromatic N) is 6. The third-order valence-corrected chi connectivity index (χ3v) is 12.2. The van der Waals surface area contributed by atoms with Crippen molar-refractivity contribution < 1.29 is 79.0 Å². The van der Waals surface area contributed by atoms with Gasteiger partial charge in [-0.2, -0.15) is 31.6 Å². The van der Waals surface area contributed by atoms with Crippen molar-refractivity contribution in [1.82, 2.24) is 33.7 Å². The summed E-state index contributed by atoms with van der Waals surface area (Å²) in [5.74, 6) is -1.49. The summed E-state index contributed by atoms with van der Waals surface area (Å²) in [6.45, 7) is 4.81. The van der Waals surface area contributed by atoms with Gasteiger partial charge in [0.2, 0.25) is 17.7 Å². The number of aromatic nitrogens is 5. The first-order valence-electron chi connectivity index (χ1n) is 21.7. The SMILES string of the molecule is CCc1ccc(COc2ccc(-n3c(=O)cc(C(F)(F)F)n(C)c3=O)cc2)c(OC(C)C(=O)OC)c1.COc1cc(OC)nc(NC(=O)NS(=O)(=O)c2ncccc2C(=O)N(C)C)n1.CP(=O)(O)CCC(N)C(=O)O. The number of pyridine rings is 1. The Kier molecular flexibility index (Phi) is 22.0. The molecule has 75 heavy (non-hydrogen) atoms. The summed E-state index contributed by atoms with van der Waals surface area (Å²) in [4.78, 5) is 92.3. The molecule has 25 nitrogen and oxygen atoms in total. The van der Waals surface area contributed by atoms with E-state index in [-0.39, 0.29) is 48.1 Å². The Balaban J connectivity index is 0.000000336. The van der Waals surface area contributed by atoms with Crippen molar-refractivity contribution in [3.05, 3.63) is 116 Å². The summed E-state index contributed by atoms with van der Waals surface area (Å²) >= 11 is 0. The standard InChI is InChI=1S/C25H25F3N2O6.C15H18N6O6S.C5H12NO4P/c1-5-16-6-7-17(20(12-16)36-15(2)23(32)34-4)14-35-19-10-8-18(9-11-19)30-22(31)13-21(25(26,27)28)29(3)24(30)33;1-21(2)13(22)9-6-5-7-16-12(9)28(24,25)20-15(23)19-14-17-10(26-3)8-11(18-14)27-4;1-11(9,10)3-2-4(6)5(7)8/h6-13,15H,5,14H2,1-4H3;5-8H,1-4H3,(H2,17,18,19,20,23);4H,2-3,6H2,1H3,(H,7,8)(H,9,10). The maximum Gasteiger partial charge on any atom is 0.431 e. The fourth-order valence-electron chi connectivity index (χ4n) is 5.92. The molecule has 0 aliphatic carbocycles. The molecule has 2 aromatic carbocycles. The van der Waals surface area contributed by atoms with Crippen LogP contribution in [0.25, 0.3) is 5.69 Å². The van der Waals surface area contributed by atoms with Gasteiger partial charge in [-0.15, -0.1) is 0 Å². The molecule has 3 unspecified atom stereocenters. The summed E-state index contributed by atoms with van der Waals surface area (Å²) in [5.41, 5.74) is 3.10. The van der Waals surface area contributed by atoms with Crippen LogP contribution in [-0.2, 0) is 55.2 Å². The van der Waals surface area contributed by atoms with Crippen LogP contribution < -0.4 is 46.0 Å². The van der Waals surface area contributed by atoms with Gasteiger partial charge < -0.3 is 44.3 Å². The van der Waals surface area contributed by atoms with Crippen molar-refractivity contribution in [3.8, 4) is 28.9 Å². The third-order valence-electron chi connectivity index (χ3n) is 9.86. The predicted molar refractivity (Wildman–Crippen MR) is 262 cm³/mol. The summed E-state index contributed by atoms with van der Waals surface area (Å²) in [6.07, 6.45) is -3.72. The van der Waals surface area contributed by atoms with Crippen molar-refractivity contribution in [2.24, 2.45) is 12.8 Å². The number of halogens is 3. The van der Waals surface area contributed by atoms with Crippen LogP contribution in [0.1, 0.15) is 47.4 Å². The molecular formula is C45H55F3N9O16PS. The number of nitrogens with one attached hydrogen (secondary N) is 2. The highest BCUT2D eigenvalue weighted by molar-refractivity contribution is 7.90. The van der Waals surface area contributed by atoms with E-state index in [0.717, 1.165) is 19.0 Å². The summed E-state index contributed by atoms with van der Waals surface area (Å²) in [6, 6.07) is 13.5. The minimum absolute atomic E-state index is 0.0412. The fraction of sp³-hybridized carbons (Fsp3) is 0.356. The first-order valence-corrected chi connectivity index (χ1v) is 25.5. The zero-order chi connectivity index (χ0) is 56.6. The second-order valence-corrected chi connectivity index (χ2v) is 20.0. The van der Waals surface area contributed by atoms with Crippen molar-refractivity contribution >= 4 is 47.2 Å². The maximum atomic E-state index is 13.1. The topological polar surface area (TPSA) is 342 Å². The third kappa shape index (κ3) is 18.2. The molecular weight excluding hydrogens is 1040 g/mol. The van der Waals surface area contributed by atoms with Crippen molar-refractivity contribution in [2.45, 2.75) is 56.6 Å². The number of alkyl halides is 3. The van der Waals surface area contributed by atoms with Crippen LogP contribution in [-0.4, -0.2) is 132 Å². The predicted octanol–water partition coefficient (Wildman–Crippen LogP) is 3.43. The highest BCUT2D eigenvalue weighted by Gasteiger charge is 2.35. The van der Waals surface area contributed by atoms with Gasteiger partial charge >= 0.3 is 29.8 Å². The Bertz CT molecular complexity index is 3090. The van der Waals surface area contributed by atoms with Gasteiger partial charge in [0.25, 0.3) is 21.5 Å². The number of rotatable bonds is 18. The van der Waals surface area contributed by atoms with Gasteiger partial charge in [-0.05, 0) is 67.8 Å². The van der Waals surface area contributed by atoms with Gasteiger partial charge in [0.1, 0.15) is 29.8 Å². The molecule has 0 bridgehead atoms. The fourth-order valence-corrected chi connectivity index (χ4v) is 7.71. The van der Waals surface area contributed by atoms with E-state index in [1.807, 2.05) is 25.1 Å². The molecule has 5 aromatic rings. The number of hydrogen-bond donors (Lipinski definition) is 5. The lowest BCUT2D eigenvalue weighted by Crippen LogP contribution is -2.40. The van der Waals surface area contributed by atoms with Crippen LogP contribution in [0.15, 0.2) is 87.5 Å². The molecule has 0 spiro atoms. The molecule has 3 amide bonds. The average Bonchev–Trinajstić information content (AvgIpc) is 3.35. The van der Waals surface area contributed by atoms with Crippen LogP contribution >= 0.6 is 7.37 Å². The molecule has 3 heterocycles. The van der Waals surface area contributed by atoms with Gasteiger partial charge in [-0.25, -0.2) is 28.7 Å². The van der Waals surface area contributed by atoms with E-state index in [2.05, 4.69) is 20.3 Å². The minimum atomic E-state index is -4.84. The zero-order valence-electron chi connectivity index (χ0n) is 41.8. The Hall–Kier alpha value is -7.88. The minimum Gasteiger partial charge on any atom is -0.489 e. The summed E-state index contributed by atoms with van der Waals surface area (Å²) in [5, 5.41) is 9.85. The molecule has 3 aromatic heterocycles. The van der Waals surface area contributed by atoms with E-state index < -0.39 is 81.6 Å². The number of nitrogens with two attached hydrogens (primary N) is 1. The number of sulfonamides is 1. The first-order chi connectivity index (χ1) is 35.0. The number of benzene rings is 2. The van der Waals surface area contributed by atoms with Crippen molar-refractivity contribution in [3.63, 3.8) is 0 Å². The lowest BCUT2D eigenvalue weighted by atomic mass is 10.1. The molecule has 0 aliphatic heterocycles. The molecule has 0 saturated heterocycles. The van der Waals surface area contributed by atoms with Gasteiger partial charge in [-0.1, -0.05) is 19.1 Å². The van der Waals surface area contributed by atoms with Gasteiger partial charge in [0.15, 0.2) is 18.5 Å². The number of aryl methyl sites for hydroxylation is 1.